The zero-order valence-electron chi connectivity index (χ0n) is 62.0. The Morgan fingerprint density at radius 3 is 0.620 bits per heavy atom. The van der Waals surface area contributed by atoms with Gasteiger partial charge in [-0.05, 0) is 39.8 Å². The minimum atomic E-state index is 0.0405. The van der Waals surface area contributed by atoms with E-state index >= 15 is 0 Å². The third-order valence-electron chi connectivity index (χ3n) is 18.7. The second-order valence-corrected chi connectivity index (χ2v) is 27.5. The van der Waals surface area contributed by atoms with Crippen LogP contribution < -0.4 is 21.3 Å². The Morgan fingerprint density at radius 2 is 0.413 bits per heavy atom. The zero-order valence-corrected chi connectivity index (χ0v) is 62.0. The van der Waals surface area contributed by atoms with Gasteiger partial charge in [0.15, 0.2) is 0 Å². The third-order valence-corrected chi connectivity index (χ3v) is 18.7. The summed E-state index contributed by atoms with van der Waals surface area (Å²) in [4.78, 5) is 91.0. The molecule has 16 heteroatoms. The van der Waals surface area contributed by atoms with Gasteiger partial charge in [0.2, 0.25) is 35.4 Å². The summed E-state index contributed by atoms with van der Waals surface area (Å²) < 4.78 is 0. The molecule has 0 aromatic heterocycles. The van der Waals surface area contributed by atoms with Gasteiger partial charge in [-0.25, -0.2) is 0 Å². The van der Waals surface area contributed by atoms with E-state index in [2.05, 4.69) is 68.6 Å². The molecular weight excluding hydrogens is 1150 g/mol. The fraction of sp³-hybridized carbons (Fsp3) is 0.921. The molecule has 0 aliphatic rings. The van der Waals surface area contributed by atoms with Crippen LogP contribution in [0.4, 0.5) is 0 Å². The van der Waals surface area contributed by atoms with Crippen LogP contribution in [0, 0.1) is 0 Å². The molecule has 0 aromatic carbocycles. The van der Waals surface area contributed by atoms with Gasteiger partial charge in [-0.15, -0.1) is 0 Å². The van der Waals surface area contributed by atoms with Crippen molar-refractivity contribution in [3.8, 4) is 0 Å². The smallest absolute Gasteiger partial charge is 0.223 e. The lowest BCUT2D eigenvalue weighted by Crippen LogP contribution is -2.41. The fourth-order valence-electron chi connectivity index (χ4n) is 11.8. The number of hydrogen-bond acceptors (Lipinski definition) is 10. The molecule has 0 atom stereocenters. The highest BCUT2D eigenvalue weighted by atomic mass is 16.2. The van der Waals surface area contributed by atoms with Crippen LogP contribution in [0.25, 0.3) is 0 Å². The minimum absolute atomic E-state index is 0.0405. The van der Waals surface area contributed by atoms with Gasteiger partial charge in [0.05, 0.1) is 0 Å². The van der Waals surface area contributed by atoms with Crippen LogP contribution in [0.15, 0.2) is 0 Å². The molecule has 0 saturated heterocycles. The van der Waals surface area contributed by atoms with Gasteiger partial charge in [0.1, 0.15) is 0 Å². The highest BCUT2D eigenvalue weighted by Gasteiger charge is 2.18. The molecule has 542 valence electrons. The Hall–Kier alpha value is -3.34. The number of likely N-dealkylation sites (N-methyl/N-ethyl adjacent to an activating group) is 4. The first-order valence-electron chi connectivity index (χ1n) is 39.1. The second kappa shape index (κ2) is 67.6. The number of nitrogens with zero attached hydrogens (tertiary/aromatic N) is 6. The van der Waals surface area contributed by atoms with Gasteiger partial charge >= 0.3 is 0 Å². The molecule has 4 N–H and O–H groups in total. The molecule has 0 spiro atoms. The maximum atomic E-state index is 13.4. The Bertz CT molecular complexity index is 1510. The van der Waals surface area contributed by atoms with E-state index in [0.717, 1.165) is 64.5 Å². The van der Waals surface area contributed by atoms with Crippen molar-refractivity contribution < 1.29 is 28.8 Å². The lowest BCUT2D eigenvalue weighted by molar-refractivity contribution is -0.131. The van der Waals surface area contributed by atoms with E-state index in [1.54, 1.807) is 9.80 Å². The summed E-state index contributed by atoms with van der Waals surface area (Å²) in [6.07, 6.45) is 52.6. The molecule has 0 unspecified atom stereocenters. The Labute approximate surface area is 568 Å². The van der Waals surface area contributed by atoms with Crippen LogP contribution in [0.2, 0.25) is 0 Å². The first kappa shape index (κ1) is 88.7. The van der Waals surface area contributed by atoms with Crippen LogP contribution in [-0.2, 0) is 28.8 Å². The summed E-state index contributed by atoms with van der Waals surface area (Å²) in [6, 6.07) is 0. The fourth-order valence-corrected chi connectivity index (χ4v) is 11.8. The molecule has 6 amide bonds. The monoisotopic (exact) mass is 1300 g/mol. The normalized spacial score (nSPS) is 11.6. The highest BCUT2D eigenvalue weighted by molar-refractivity contribution is 5.78. The van der Waals surface area contributed by atoms with E-state index in [1.165, 1.54) is 205 Å². The zero-order chi connectivity index (χ0) is 67.6. The quantitative estimate of drug-likeness (QED) is 0.0430. The molecule has 0 fully saturated rings. The molecule has 0 aliphatic carbocycles. The van der Waals surface area contributed by atoms with Gasteiger partial charge in [0.25, 0.3) is 0 Å². The SMILES string of the molecule is CCCCCCCCCCCCNC(=O)CCN(CCC(=O)NCCCCCCCCCCCC)CCN(C)C(=O)CCN(C)CCN(C)CCC(=O)N(C)CCN(CCC(=O)NCCCCCCCCCCCC)CCC(=O)NCCCCCCCCCCCC. The summed E-state index contributed by atoms with van der Waals surface area (Å²) in [5, 5.41) is 12.5. The van der Waals surface area contributed by atoms with E-state index < -0.39 is 0 Å². The average molecular weight is 1300 g/mol. The van der Waals surface area contributed by atoms with Crippen LogP contribution in [0.3, 0.4) is 0 Å². The average Bonchev–Trinajstić information content (AvgIpc) is 3.17. The van der Waals surface area contributed by atoms with Crippen molar-refractivity contribution in [3.63, 3.8) is 0 Å². The van der Waals surface area contributed by atoms with Crippen molar-refractivity contribution in [2.75, 3.05) is 133 Å². The molecule has 0 rings (SSSR count). The molecule has 0 radical (unpaired) electrons. The van der Waals surface area contributed by atoms with Crippen molar-refractivity contribution in [1.29, 1.82) is 0 Å². The topological polar surface area (TPSA) is 170 Å². The van der Waals surface area contributed by atoms with E-state index in [0.29, 0.717) is 130 Å². The first-order chi connectivity index (χ1) is 44.8. The molecule has 0 saturated carbocycles. The van der Waals surface area contributed by atoms with Crippen LogP contribution in [0.5, 0.6) is 0 Å². The number of rotatable bonds is 71. The Balaban J connectivity index is 5.04. The number of carbonyl (C=O) groups excluding carboxylic acids is 6. The molecular formula is C76H152N10O6. The number of hydrogen-bond donors (Lipinski definition) is 4. The van der Waals surface area contributed by atoms with Crippen molar-refractivity contribution >= 4 is 35.4 Å². The van der Waals surface area contributed by atoms with E-state index in [9.17, 15) is 28.8 Å². The molecule has 0 bridgehead atoms. The van der Waals surface area contributed by atoms with Crippen molar-refractivity contribution in [1.82, 2.24) is 50.7 Å². The molecule has 92 heavy (non-hydrogen) atoms. The molecule has 0 aliphatic heterocycles. The minimum Gasteiger partial charge on any atom is -0.356 e. The molecule has 16 nitrogen and oxygen atoms in total. The summed E-state index contributed by atoms with van der Waals surface area (Å²) in [5.41, 5.74) is 0. The van der Waals surface area contributed by atoms with Crippen LogP contribution >= 0.6 is 0 Å². The van der Waals surface area contributed by atoms with Crippen molar-refractivity contribution in [2.45, 2.75) is 323 Å². The highest BCUT2D eigenvalue weighted by Crippen LogP contribution is 2.15. The number of unbranched alkanes of at least 4 members (excludes halogenated alkanes) is 36. The third kappa shape index (κ3) is 61.5. The Morgan fingerprint density at radius 1 is 0.217 bits per heavy atom. The predicted octanol–water partition coefficient (Wildman–Crippen LogP) is 14.9. The van der Waals surface area contributed by atoms with Gasteiger partial charge in [-0.3, -0.25) is 28.8 Å². The number of nitrogens with one attached hydrogen (secondary N) is 4. The summed E-state index contributed by atoms with van der Waals surface area (Å²) in [7, 11) is 7.75. The van der Waals surface area contributed by atoms with Crippen LogP contribution in [-0.4, -0.2) is 198 Å². The standard InChI is InChI=1S/C76H152N10O6/c1-9-13-17-21-25-29-33-37-41-45-55-77-71(87)49-61-85(62-50-72(88)78-56-46-42-38-34-30-26-22-18-14-10-2)69-67-83(7)75(91)53-59-81(5)65-66-82(6)60-54-76(92)84(8)68-70-86(63-51-73(89)79-57-47-43-39-35-31-27-23-19-15-11-3)64-52-74(90)80-58-48-44-40-36-32-28-24-20-16-12-4/h9-70H2,1-8H3,(H,77,87)(H,78,88)(H,79,89)(H,80,90). The van der Waals surface area contributed by atoms with Gasteiger partial charge < -0.3 is 50.7 Å². The van der Waals surface area contributed by atoms with Crippen LogP contribution in [0.1, 0.15) is 323 Å². The largest absolute Gasteiger partial charge is 0.356 e. The maximum Gasteiger partial charge on any atom is 0.223 e. The van der Waals surface area contributed by atoms with Gasteiger partial charge in [0, 0.05) is 157 Å². The van der Waals surface area contributed by atoms with E-state index in [1.807, 2.05) is 28.2 Å². The number of amides is 6. The lowest BCUT2D eigenvalue weighted by Gasteiger charge is -2.27. The number of carbonyl (C=O) groups is 6. The predicted molar refractivity (Wildman–Crippen MR) is 390 cm³/mol. The van der Waals surface area contributed by atoms with Gasteiger partial charge in [-0.1, -0.05) is 259 Å². The van der Waals surface area contributed by atoms with E-state index in [-0.39, 0.29) is 35.4 Å². The summed E-state index contributed by atoms with van der Waals surface area (Å²) in [5.74, 6) is 0.285. The first-order valence-corrected chi connectivity index (χ1v) is 39.1. The van der Waals surface area contributed by atoms with Crippen molar-refractivity contribution in [2.24, 2.45) is 0 Å². The summed E-state index contributed by atoms with van der Waals surface area (Å²) >= 11 is 0. The maximum absolute atomic E-state index is 13.4. The summed E-state index contributed by atoms with van der Waals surface area (Å²) in [6.45, 7) is 18.9. The molecule has 0 aromatic rings. The van der Waals surface area contributed by atoms with Gasteiger partial charge in [-0.2, -0.15) is 0 Å². The van der Waals surface area contributed by atoms with Crippen molar-refractivity contribution in [3.05, 3.63) is 0 Å². The lowest BCUT2D eigenvalue weighted by atomic mass is 10.1. The van der Waals surface area contributed by atoms with E-state index in [4.69, 9.17) is 0 Å². The molecule has 0 heterocycles. The Kier molecular flexibility index (Phi) is 65.2. The second-order valence-electron chi connectivity index (χ2n) is 27.5.